The van der Waals surface area contributed by atoms with E-state index in [1.54, 1.807) is 31.4 Å². The Hall–Kier alpha value is -3.33. The van der Waals surface area contributed by atoms with Crippen LogP contribution in [0.25, 0.3) is 0 Å². The average Bonchev–Trinajstić information content (AvgIpc) is 3.23. The first kappa shape index (κ1) is 26.7. The number of benzene rings is 3. The van der Waals surface area contributed by atoms with Gasteiger partial charge in [-0.25, -0.2) is 4.79 Å². The van der Waals surface area contributed by atoms with E-state index in [1.165, 1.54) is 18.7 Å². The summed E-state index contributed by atoms with van der Waals surface area (Å²) >= 11 is 1.38. The maximum absolute atomic E-state index is 13.1. The molecule has 1 aliphatic heterocycles. The SMILES string of the molecule is COc1ccc(C(=O)O[C@@H]2C(OC(C)=O)S[C@H](COCc3ccccc3)[C@H]2OCc2ccccc2)cc1. The summed E-state index contributed by atoms with van der Waals surface area (Å²) in [6, 6.07) is 26.2. The number of carbonyl (C=O) groups excluding carboxylic acids is 2. The largest absolute Gasteiger partial charge is 0.497 e. The Labute approximate surface area is 221 Å². The monoisotopic (exact) mass is 522 g/mol. The first-order valence-electron chi connectivity index (χ1n) is 12.0. The van der Waals surface area contributed by atoms with E-state index in [0.717, 1.165) is 11.1 Å². The highest BCUT2D eigenvalue weighted by Gasteiger charge is 2.49. The highest BCUT2D eigenvalue weighted by atomic mass is 32.2. The molecule has 0 aromatic heterocycles. The molecule has 0 saturated carbocycles. The molecule has 3 aromatic carbocycles. The summed E-state index contributed by atoms with van der Waals surface area (Å²) in [6.07, 6.45) is -1.38. The summed E-state index contributed by atoms with van der Waals surface area (Å²) in [4.78, 5) is 25.0. The molecule has 1 aliphatic rings. The van der Waals surface area contributed by atoms with Gasteiger partial charge in [0.05, 0.1) is 37.7 Å². The number of thioether (sulfide) groups is 1. The minimum absolute atomic E-state index is 0.231. The Kier molecular flexibility index (Phi) is 9.59. The van der Waals surface area contributed by atoms with Gasteiger partial charge in [0.2, 0.25) is 0 Å². The van der Waals surface area contributed by atoms with E-state index in [4.69, 9.17) is 23.7 Å². The zero-order valence-corrected chi connectivity index (χ0v) is 21.6. The van der Waals surface area contributed by atoms with Crippen LogP contribution in [-0.4, -0.2) is 48.5 Å². The zero-order valence-electron chi connectivity index (χ0n) is 20.8. The molecular weight excluding hydrogens is 492 g/mol. The van der Waals surface area contributed by atoms with Crippen molar-refractivity contribution in [1.82, 2.24) is 0 Å². The second-order valence-electron chi connectivity index (χ2n) is 8.51. The third kappa shape index (κ3) is 7.58. The summed E-state index contributed by atoms with van der Waals surface area (Å²) < 4.78 is 29.0. The van der Waals surface area contributed by atoms with Gasteiger partial charge in [0, 0.05) is 6.92 Å². The maximum Gasteiger partial charge on any atom is 0.338 e. The molecule has 1 fully saturated rings. The lowest BCUT2D eigenvalue weighted by atomic mass is 10.1. The summed E-state index contributed by atoms with van der Waals surface area (Å²) in [7, 11) is 1.56. The lowest BCUT2D eigenvalue weighted by Crippen LogP contribution is -2.41. The quantitative estimate of drug-likeness (QED) is 0.325. The number of rotatable bonds is 11. The molecule has 1 heterocycles. The Morgan fingerprint density at radius 2 is 1.41 bits per heavy atom. The van der Waals surface area contributed by atoms with Crippen molar-refractivity contribution in [2.24, 2.45) is 0 Å². The highest BCUT2D eigenvalue weighted by Crippen LogP contribution is 2.40. The predicted molar refractivity (Wildman–Crippen MR) is 140 cm³/mol. The zero-order chi connectivity index (χ0) is 26.0. The van der Waals surface area contributed by atoms with Gasteiger partial charge in [0.15, 0.2) is 11.5 Å². The van der Waals surface area contributed by atoms with Crippen LogP contribution in [0.15, 0.2) is 84.9 Å². The van der Waals surface area contributed by atoms with Crippen LogP contribution in [0.5, 0.6) is 5.75 Å². The number of hydrogen-bond acceptors (Lipinski definition) is 8. The van der Waals surface area contributed by atoms with Gasteiger partial charge in [-0.2, -0.15) is 0 Å². The first-order chi connectivity index (χ1) is 18.0. The average molecular weight is 523 g/mol. The number of hydrogen-bond donors (Lipinski definition) is 0. The topological polar surface area (TPSA) is 80.3 Å². The van der Waals surface area contributed by atoms with Crippen LogP contribution in [-0.2, 0) is 37.0 Å². The molecule has 7 nitrogen and oxygen atoms in total. The van der Waals surface area contributed by atoms with Crippen LogP contribution in [0, 0.1) is 0 Å². The van der Waals surface area contributed by atoms with Crippen molar-refractivity contribution in [3.63, 3.8) is 0 Å². The summed E-state index contributed by atoms with van der Waals surface area (Å²) in [6.45, 7) is 2.40. The van der Waals surface area contributed by atoms with Gasteiger partial charge in [-0.3, -0.25) is 4.79 Å². The minimum atomic E-state index is -0.822. The van der Waals surface area contributed by atoms with Crippen LogP contribution < -0.4 is 4.74 Å². The van der Waals surface area contributed by atoms with Crippen molar-refractivity contribution in [2.75, 3.05) is 13.7 Å². The molecule has 194 valence electrons. The molecule has 1 saturated heterocycles. The van der Waals surface area contributed by atoms with E-state index in [2.05, 4.69) is 0 Å². The summed E-state index contributed by atoms with van der Waals surface area (Å²) in [5.74, 6) is -0.370. The Bertz CT molecular complexity index is 1140. The summed E-state index contributed by atoms with van der Waals surface area (Å²) in [5, 5.41) is -0.231. The van der Waals surface area contributed by atoms with Crippen molar-refractivity contribution in [3.8, 4) is 5.75 Å². The number of methoxy groups -OCH3 is 1. The van der Waals surface area contributed by atoms with Crippen LogP contribution in [0.4, 0.5) is 0 Å². The van der Waals surface area contributed by atoms with Gasteiger partial charge in [-0.15, -0.1) is 11.8 Å². The van der Waals surface area contributed by atoms with Crippen molar-refractivity contribution < 1.29 is 33.3 Å². The lowest BCUT2D eigenvalue weighted by molar-refractivity contribution is -0.150. The first-order valence-corrected chi connectivity index (χ1v) is 12.9. The smallest absolute Gasteiger partial charge is 0.338 e. The second kappa shape index (κ2) is 13.3. The third-order valence-corrected chi connectivity index (χ3v) is 7.18. The van der Waals surface area contributed by atoms with Gasteiger partial charge in [0.25, 0.3) is 0 Å². The van der Waals surface area contributed by atoms with Crippen LogP contribution in [0.3, 0.4) is 0 Å². The lowest BCUT2D eigenvalue weighted by Gasteiger charge is -2.26. The Balaban J connectivity index is 1.52. The number of ether oxygens (including phenoxy) is 5. The normalized spacial score (nSPS) is 20.8. The van der Waals surface area contributed by atoms with E-state index in [0.29, 0.717) is 31.1 Å². The van der Waals surface area contributed by atoms with Gasteiger partial charge in [0.1, 0.15) is 11.9 Å². The molecule has 4 rings (SSSR count). The molecule has 0 spiro atoms. The molecule has 8 heteroatoms. The van der Waals surface area contributed by atoms with Crippen LogP contribution in [0.2, 0.25) is 0 Å². The van der Waals surface area contributed by atoms with Crippen molar-refractivity contribution in [3.05, 3.63) is 102 Å². The Morgan fingerprint density at radius 3 is 2.00 bits per heavy atom. The molecule has 0 N–H and O–H groups in total. The Morgan fingerprint density at radius 1 is 0.784 bits per heavy atom. The molecule has 0 aliphatic carbocycles. The molecule has 4 atom stereocenters. The van der Waals surface area contributed by atoms with Crippen LogP contribution >= 0.6 is 11.8 Å². The molecule has 0 radical (unpaired) electrons. The molecule has 3 aromatic rings. The van der Waals surface area contributed by atoms with Crippen molar-refractivity contribution >= 4 is 23.7 Å². The van der Waals surface area contributed by atoms with Crippen molar-refractivity contribution in [1.29, 1.82) is 0 Å². The summed E-state index contributed by atoms with van der Waals surface area (Å²) in [5.41, 5.74) is 1.66. The van der Waals surface area contributed by atoms with Gasteiger partial charge in [-0.05, 0) is 35.4 Å². The maximum atomic E-state index is 13.1. The highest BCUT2D eigenvalue weighted by molar-refractivity contribution is 8.00. The second-order valence-corrected chi connectivity index (χ2v) is 9.86. The number of esters is 2. The molecule has 37 heavy (non-hydrogen) atoms. The third-order valence-electron chi connectivity index (χ3n) is 5.80. The standard InChI is InChI=1S/C29H30O7S/c1-20(30)35-29-27(36-28(31)23-13-15-24(32-2)16-14-23)26(34-18-22-11-7-4-8-12-22)25(37-29)19-33-17-21-9-5-3-6-10-21/h3-16,25-27,29H,17-19H2,1-2H3/t25-,26-,27+,29?/m1/s1. The fourth-order valence-corrected chi connectivity index (χ4v) is 5.43. The van der Waals surface area contributed by atoms with E-state index < -0.39 is 29.6 Å². The van der Waals surface area contributed by atoms with E-state index >= 15 is 0 Å². The fraction of sp³-hybridized carbons (Fsp3) is 0.310. The molecule has 1 unspecified atom stereocenters. The molecule has 0 amide bonds. The predicted octanol–water partition coefficient (Wildman–Crippen LogP) is 5.03. The van der Waals surface area contributed by atoms with Crippen molar-refractivity contribution in [2.45, 2.75) is 43.0 Å². The van der Waals surface area contributed by atoms with Gasteiger partial charge >= 0.3 is 11.9 Å². The fourth-order valence-electron chi connectivity index (χ4n) is 3.96. The molecular formula is C29H30O7S. The van der Waals surface area contributed by atoms with E-state index in [-0.39, 0.29) is 5.25 Å². The molecule has 0 bridgehead atoms. The van der Waals surface area contributed by atoms with E-state index in [1.807, 2.05) is 60.7 Å². The van der Waals surface area contributed by atoms with Gasteiger partial charge in [-0.1, -0.05) is 60.7 Å². The van der Waals surface area contributed by atoms with E-state index in [9.17, 15) is 9.59 Å². The van der Waals surface area contributed by atoms with Crippen LogP contribution in [0.1, 0.15) is 28.4 Å². The van der Waals surface area contributed by atoms with Gasteiger partial charge < -0.3 is 23.7 Å². The minimum Gasteiger partial charge on any atom is -0.497 e. The number of carbonyl (C=O) groups is 2.